The first-order chi connectivity index (χ1) is 10.3. The van der Waals surface area contributed by atoms with E-state index in [0.29, 0.717) is 12.2 Å². The molecule has 1 aromatic carbocycles. The molecule has 0 saturated carbocycles. The van der Waals surface area contributed by atoms with Crippen molar-refractivity contribution in [3.8, 4) is 11.8 Å². The van der Waals surface area contributed by atoms with Gasteiger partial charge in [0.1, 0.15) is 12.4 Å². The minimum atomic E-state index is 0.618. The molecule has 0 unspecified atom stereocenters. The second-order valence-electron chi connectivity index (χ2n) is 4.67. The molecule has 0 radical (unpaired) electrons. The van der Waals surface area contributed by atoms with E-state index in [0.717, 1.165) is 31.1 Å². The largest absolute Gasteiger partial charge is 0.492 e. The predicted molar refractivity (Wildman–Crippen MR) is 81.8 cm³/mol. The third kappa shape index (κ3) is 4.90. The Bertz CT molecular complexity index is 575. The van der Waals surface area contributed by atoms with E-state index in [4.69, 9.17) is 10.00 Å². The number of nitrogens with zero attached hydrogens (tertiary/aromatic N) is 3. The Balaban J connectivity index is 1.79. The summed E-state index contributed by atoms with van der Waals surface area (Å²) < 4.78 is 5.70. The molecular weight excluding hydrogens is 262 g/mol. The molecule has 0 spiro atoms. The lowest BCUT2D eigenvalue weighted by Gasteiger charge is -2.20. The van der Waals surface area contributed by atoms with Gasteiger partial charge in [0.05, 0.1) is 17.3 Å². The maximum Gasteiger partial charge on any atom is 0.119 e. The molecule has 21 heavy (non-hydrogen) atoms. The minimum absolute atomic E-state index is 0.618. The van der Waals surface area contributed by atoms with Gasteiger partial charge in [-0.3, -0.25) is 9.88 Å². The van der Waals surface area contributed by atoms with Gasteiger partial charge in [0, 0.05) is 19.3 Å². The number of benzene rings is 1. The van der Waals surface area contributed by atoms with Crippen LogP contribution >= 0.6 is 0 Å². The van der Waals surface area contributed by atoms with E-state index in [1.807, 2.05) is 36.5 Å². The van der Waals surface area contributed by atoms with Gasteiger partial charge in [-0.1, -0.05) is 13.0 Å². The molecule has 0 fully saturated rings. The van der Waals surface area contributed by atoms with Gasteiger partial charge in [-0.15, -0.1) is 0 Å². The number of likely N-dealkylation sites (N-methyl/N-ethyl adjacent to an activating group) is 1. The quantitative estimate of drug-likeness (QED) is 0.783. The van der Waals surface area contributed by atoms with Crippen molar-refractivity contribution in [3.05, 3.63) is 59.9 Å². The van der Waals surface area contributed by atoms with Gasteiger partial charge in [0.25, 0.3) is 0 Å². The average molecular weight is 281 g/mol. The maximum absolute atomic E-state index is 8.75. The molecule has 2 aromatic rings. The van der Waals surface area contributed by atoms with E-state index in [1.165, 1.54) is 0 Å². The summed E-state index contributed by atoms with van der Waals surface area (Å²) in [5, 5.41) is 8.75. The van der Waals surface area contributed by atoms with E-state index in [-0.39, 0.29) is 0 Å². The third-order valence-electron chi connectivity index (χ3n) is 3.22. The number of rotatable bonds is 7. The Morgan fingerprint density at radius 3 is 2.62 bits per heavy atom. The van der Waals surface area contributed by atoms with E-state index >= 15 is 0 Å². The standard InChI is InChI=1S/C17H19N3O/c1-2-20(14-16-5-3-4-10-19-16)11-12-21-17-8-6-15(13-18)7-9-17/h3-10H,2,11-12,14H2,1H3. The van der Waals surface area contributed by atoms with Crippen molar-refractivity contribution in [3.63, 3.8) is 0 Å². The van der Waals surface area contributed by atoms with Crippen molar-refractivity contribution in [1.82, 2.24) is 9.88 Å². The number of aromatic nitrogens is 1. The second-order valence-corrected chi connectivity index (χ2v) is 4.67. The molecule has 4 heteroatoms. The fourth-order valence-electron chi connectivity index (χ4n) is 1.99. The van der Waals surface area contributed by atoms with Gasteiger partial charge in [-0.25, -0.2) is 0 Å². The molecule has 4 nitrogen and oxygen atoms in total. The predicted octanol–water partition coefficient (Wildman–Crippen LogP) is 2.85. The molecule has 0 saturated heterocycles. The molecule has 0 aliphatic carbocycles. The first-order valence-corrected chi connectivity index (χ1v) is 7.07. The van der Waals surface area contributed by atoms with Crippen LogP contribution in [-0.4, -0.2) is 29.6 Å². The summed E-state index contributed by atoms with van der Waals surface area (Å²) in [7, 11) is 0. The molecule has 2 rings (SSSR count). The lowest BCUT2D eigenvalue weighted by atomic mass is 10.2. The van der Waals surface area contributed by atoms with Crippen LogP contribution in [0.2, 0.25) is 0 Å². The van der Waals surface area contributed by atoms with Crippen molar-refractivity contribution >= 4 is 0 Å². The smallest absolute Gasteiger partial charge is 0.119 e. The first-order valence-electron chi connectivity index (χ1n) is 7.07. The number of hydrogen-bond acceptors (Lipinski definition) is 4. The Hall–Kier alpha value is -2.38. The average Bonchev–Trinajstić information content (AvgIpc) is 2.55. The lowest BCUT2D eigenvalue weighted by Crippen LogP contribution is -2.28. The van der Waals surface area contributed by atoms with Crippen molar-refractivity contribution < 1.29 is 4.74 Å². The molecule has 0 atom stereocenters. The van der Waals surface area contributed by atoms with E-state index < -0.39 is 0 Å². The highest BCUT2D eigenvalue weighted by atomic mass is 16.5. The van der Waals surface area contributed by atoms with Crippen LogP contribution in [0.5, 0.6) is 5.75 Å². The normalized spacial score (nSPS) is 10.3. The number of hydrogen-bond donors (Lipinski definition) is 0. The molecule has 0 N–H and O–H groups in total. The Labute approximate surface area is 125 Å². The van der Waals surface area contributed by atoms with Gasteiger partial charge in [-0.05, 0) is 42.9 Å². The number of pyridine rings is 1. The van der Waals surface area contributed by atoms with Crippen molar-refractivity contribution in [2.75, 3.05) is 19.7 Å². The number of ether oxygens (including phenoxy) is 1. The van der Waals surface area contributed by atoms with Gasteiger partial charge in [0.15, 0.2) is 0 Å². The van der Waals surface area contributed by atoms with E-state index in [9.17, 15) is 0 Å². The summed E-state index contributed by atoms with van der Waals surface area (Å²) in [6.07, 6.45) is 1.82. The highest BCUT2D eigenvalue weighted by molar-refractivity contribution is 5.34. The Morgan fingerprint density at radius 2 is 2.00 bits per heavy atom. The van der Waals surface area contributed by atoms with Crippen LogP contribution in [0.3, 0.4) is 0 Å². The molecule has 1 aromatic heterocycles. The minimum Gasteiger partial charge on any atom is -0.492 e. The fraction of sp³-hybridized carbons (Fsp3) is 0.294. The molecule has 0 amide bonds. The first kappa shape index (κ1) is 15.0. The van der Waals surface area contributed by atoms with Crippen LogP contribution in [0.4, 0.5) is 0 Å². The molecule has 108 valence electrons. The maximum atomic E-state index is 8.75. The zero-order chi connectivity index (χ0) is 14.9. The summed E-state index contributed by atoms with van der Waals surface area (Å²) >= 11 is 0. The lowest BCUT2D eigenvalue weighted by molar-refractivity contribution is 0.208. The zero-order valence-electron chi connectivity index (χ0n) is 12.2. The topological polar surface area (TPSA) is 49.1 Å². The summed E-state index contributed by atoms with van der Waals surface area (Å²) in [4.78, 5) is 6.62. The van der Waals surface area contributed by atoms with Crippen LogP contribution in [0.15, 0.2) is 48.7 Å². The zero-order valence-corrected chi connectivity index (χ0v) is 12.2. The van der Waals surface area contributed by atoms with Crippen LogP contribution in [0.25, 0.3) is 0 Å². The van der Waals surface area contributed by atoms with Crippen LogP contribution in [-0.2, 0) is 6.54 Å². The summed E-state index contributed by atoms with van der Waals surface area (Å²) in [6.45, 7) is 5.37. The second kappa shape index (κ2) is 8.03. The van der Waals surface area contributed by atoms with Crippen molar-refractivity contribution in [2.24, 2.45) is 0 Å². The Morgan fingerprint density at radius 1 is 1.19 bits per heavy atom. The van der Waals surface area contributed by atoms with Gasteiger partial charge < -0.3 is 4.74 Å². The highest BCUT2D eigenvalue weighted by Gasteiger charge is 2.04. The van der Waals surface area contributed by atoms with Gasteiger partial charge in [-0.2, -0.15) is 5.26 Å². The SMILES string of the molecule is CCN(CCOc1ccc(C#N)cc1)Cc1ccccn1. The van der Waals surface area contributed by atoms with Crippen molar-refractivity contribution in [1.29, 1.82) is 5.26 Å². The molecule has 0 aliphatic heterocycles. The molecule has 0 aliphatic rings. The molecular formula is C17H19N3O. The highest BCUT2D eigenvalue weighted by Crippen LogP contribution is 2.11. The Kier molecular flexibility index (Phi) is 5.74. The van der Waals surface area contributed by atoms with Crippen LogP contribution < -0.4 is 4.74 Å². The fourth-order valence-corrected chi connectivity index (χ4v) is 1.99. The summed E-state index contributed by atoms with van der Waals surface area (Å²) in [5.41, 5.74) is 1.71. The molecule has 0 bridgehead atoms. The van der Waals surface area contributed by atoms with Crippen LogP contribution in [0.1, 0.15) is 18.2 Å². The van der Waals surface area contributed by atoms with Crippen LogP contribution in [0, 0.1) is 11.3 Å². The summed E-state index contributed by atoms with van der Waals surface area (Å²) in [6, 6.07) is 15.2. The van der Waals surface area contributed by atoms with Gasteiger partial charge in [0.2, 0.25) is 0 Å². The van der Waals surface area contributed by atoms with Crippen molar-refractivity contribution in [2.45, 2.75) is 13.5 Å². The third-order valence-corrected chi connectivity index (χ3v) is 3.22. The summed E-state index contributed by atoms with van der Waals surface area (Å²) in [5.74, 6) is 0.794. The van der Waals surface area contributed by atoms with E-state index in [2.05, 4.69) is 22.9 Å². The van der Waals surface area contributed by atoms with E-state index in [1.54, 1.807) is 12.1 Å². The number of nitriles is 1. The monoisotopic (exact) mass is 281 g/mol. The van der Waals surface area contributed by atoms with Gasteiger partial charge >= 0.3 is 0 Å². The molecule has 1 heterocycles.